The van der Waals surface area contributed by atoms with E-state index in [0.717, 1.165) is 25.6 Å². The van der Waals surface area contributed by atoms with E-state index in [1.165, 1.54) is 31.4 Å². The lowest BCUT2D eigenvalue weighted by molar-refractivity contribution is 0.159. The Morgan fingerprint density at radius 1 is 1.36 bits per heavy atom. The van der Waals surface area contributed by atoms with Gasteiger partial charge in [-0.15, -0.1) is 0 Å². The average Bonchev–Trinajstić information content (AvgIpc) is 2.48. The van der Waals surface area contributed by atoms with Crippen molar-refractivity contribution in [3.05, 3.63) is 29.6 Å². The molecule has 1 fully saturated rings. The summed E-state index contributed by atoms with van der Waals surface area (Å²) in [6, 6.07) is 4.41. The van der Waals surface area contributed by atoms with Crippen molar-refractivity contribution in [1.82, 2.24) is 9.62 Å². The molecule has 0 aromatic heterocycles. The normalized spacial score (nSPS) is 20.2. The molecule has 6 heteroatoms. The van der Waals surface area contributed by atoms with Crippen LogP contribution in [0.3, 0.4) is 0 Å². The molecule has 1 aliphatic rings. The van der Waals surface area contributed by atoms with Crippen LogP contribution in [0.2, 0.25) is 0 Å². The maximum absolute atomic E-state index is 13.3. The Morgan fingerprint density at radius 3 is 2.86 bits per heavy atom. The predicted molar refractivity (Wildman–Crippen MR) is 85.8 cm³/mol. The zero-order valence-corrected chi connectivity index (χ0v) is 14.1. The molecule has 1 unspecified atom stereocenters. The smallest absolute Gasteiger partial charge is 0.240 e. The predicted octanol–water partition coefficient (Wildman–Crippen LogP) is 2.68. The van der Waals surface area contributed by atoms with E-state index < -0.39 is 15.8 Å². The van der Waals surface area contributed by atoms with E-state index in [9.17, 15) is 12.8 Å². The molecular weight excluding hydrogens is 303 g/mol. The standard InChI is InChI=1S/C16H25FN2O2S/c1-13-7-8-15(17)12-16(13)22(20,21)18-9-5-11-19-10-4-3-6-14(19)2/h7-8,12,14,18H,3-6,9-11H2,1-2H3. The number of halogens is 1. The molecule has 0 aliphatic carbocycles. The van der Waals surface area contributed by atoms with Gasteiger partial charge in [0.05, 0.1) is 4.90 Å². The van der Waals surface area contributed by atoms with Crippen molar-refractivity contribution in [2.24, 2.45) is 0 Å². The Bertz CT molecular complexity index is 604. The monoisotopic (exact) mass is 328 g/mol. The van der Waals surface area contributed by atoms with Crippen molar-refractivity contribution in [1.29, 1.82) is 0 Å². The number of hydrogen-bond acceptors (Lipinski definition) is 3. The van der Waals surface area contributed by atoms with Crippen molar-refractivity contribution in [2.75, 3.05) is 19.6 Å². The molecule has 1 saturated heterocycles. The maximum Gasteiger partial charge on any atom is 0.240 e. The van der Waals surface area contributed by atoms with Crippen molar-refractivity contribution in [3.8, 4) is 0 Å². The lowest BCUT2D eigenvalue weighted by Crippen LogP contribution is -2.39. The van der Waals surface area contributed by atoms with Crippen LogP contribution in [0.1, 0.15) is 38.2 Å². The van der Waals surface area contributed by atoms with Gasteiger partial charge < -0.3 is 4.90 Å². The van der Waals surface area contributed by atoms with Crippen LogP contribution in [0.15, 0.2) is 23.1 Å². The topological polar surface area (TPSA) is 49.4 Å². The third-order valence-electron chi connectivity index (χ3n) is 4.29. The van der Waals surface area contributed by atoms with Crippen LogP contribution in [-0.4, -0.2) is 39.0 Å². The largest absolute Gasteiger partial charge is 0.301 e. The number of sulfonamides is 1. The molecule has 1 atom stereocenters. The zero-order valence-electron chi connectivity index (χ0n) is 13.3. The van der Waals surface area contributed by atoms with Gasteiger partial charge in [0, 0.05) is 12.6 Å². The summed E-state index contributed by atoms with van der Waals surface area (Å²) in [5.41, 5.74) is 0.554. The fourth-order valence-corrected chi connectivity index (χ4v) is 4.25. The fourth-order valence-electron chi connectivity index (χ4n) is 2.92. The lowest BCUT2D eigenvalue weighted by atomic mass is 10.0. The first-order valence-electron chi connectivity index (χ1n) is 7.90. The van der Waals surface area contributed by atoms with Crippen LogP contribution < -0.4 is 4.72 Å². The van der Waals surface area contributed by atoms with E-state index in [0.29, 0.717) is 18.2 Å². The first-order valence-corrected chi connectivity index (χ1v) is 9.38. The van der Waals surface area contributed by atoms with Crippen molar-refractivity contribution in [3.63, 3.8) is 0 Å². The summed E-state index contributed by atoms with van der Waals surface area (Å²) in [5.74, 6) is -0.534. The summed E-state index contributed by atoms with van der Waals surface area (Å²) >= 11 is 0. The summed E-state index contributed by atoms with van der Waals surface area (Å²) in [7, 11) is -3.64. The fraction of sp³-hybridized carbons (Fsp3) is 0.625. The third-order valence-corrected chi connectivity index (χ3v) is 5.90. The summed E-state index contributed by atoms with van der Waals surface area (Å²) in [6.07, 6.45) is 4.48. The van der Waals surface area contributed by atoms with E-state index in [-0.39, 0.29) is 4.90 Å². The van der Waals surface area contributed by atoms with E-state index in [4.69, 9.17) is 0 Å². The molecule has 1 aliphatic heterocycles. The van der Waals surface area contributed by atoms with E-state index in [2.05, 4.69) is 16.5 Å². The highest BCUT2D eigenvalue weighted by atomic mass is 32.2. The number of nitrogens with zero attached hydrogens (tertiary/aromatic N) is 1. The molecule has 0 amide bonds. The van der Waals surface area contributed by atoms with Crippen LogP contribution in [0, 0.1) is 12.7 Å². The molecule has 0 bridgehead atoms. The summed E-state index contributed by atoms with van der Waals surface area (Å²) in [5, 5.41) is 0. The lowest BCUT2D eigenvalue weighted by Gasteiger charge is -2.33. The summed E-state index contributed by atoms with van der Waals surface area (Å²) < 4.78 is 40.3. The van der Waals surface area contributed by atoms with Gasteiger partial charge in [-0.1, -0.05) is 12.5 Å². The Hall–Kier alpha value is -0.980. The molecule has 1 heterocycles. The van der Waals surface area contributed by atoms with Crippen LogP contribution >= 0.6 is 0 Å². The molecule has 22 heavy (non-hydrogen) atoms. The molecule has 0 spiro atoms. The van der Waals surface area contributed by atoms with Crippen molar-refractivity contribution < 1.29 is 12.8 Å². The van der Waals surface area contributed by atoms with Gasteiger partial charge >= 0.3 is 0 Å². The number of piperidine rings is 1. The molecule has 0 radical (unpaired) electrons. The molecule has 1 aromatic rings. The highest BCUT2D eigenvalue weighted by Gasteiger charge is 2.19. The zero-order chi connectivity index (χ0) is 16.2. The number of aryl methyl sites for hydroxylation is 1. The van der Waals surface area contributed by atoms with E-state index >= 15 is 0 Å². The van der Waals surface area contributed by atoms with Crippen molar-refractivity contribution in [2.45, 2.75) is 50.5 Å². The molecule has 1 N–H and O–H groups in total. The summed E-state index contributed by atoms with van der Waals surface area (Å²) in [4.78, 5) is 2.43. The number of likely N-dealkylation sites (tertiary alicyclic amines) is 1. The minimum Gasteiger partial charge on any atom is -0.301 e. The van der Waals surface area contributed by atoms with Gasteiger partial charge in [0.2, 0.25) is 10.0 Å². The molecule has 124 valence electrons. The van der Waals surface area contributed by atoms with Crippen LogP contribution in [-0.2, 0) is 10.0 Å². The first kappa shape index (κ1) is 17.4. The van der Waals surface area contributed by atoms with Gasteiger partial charge in [-0.25, -0.2) is 17.5 Å². The van der Waals surface area contributed by atoms with Crippen LogP contribution in [0.4, 0.5) is 4.39 Å². The second-order valence-corrected chi connectivity index (χ2v) is 7.78. The van der Waals surface area contributed by atoms with E-state index in [1.807, 2.05) is 0 Å². The Balaban J connectivity index is 1.86. The number of nitrogens with one attached hydrogen (secondary N) is 1. The molecular formula is C16H25FN2O2S. The second-order valence-electron chi connectivity index (χ2n) is 6.04. The Morgan fingerprint density at radius 2 is 2.14 bits per heavy atom. The quantitative estimate of drug-likeness (QED) is 0.817. The highest BCUT2D eigenvalue weighted by molar-refractivity contribution is 7.89. The minimum atomic E-state index is -3.64. The van der Waals surface area contributed by atoms with Gasteiger partial charge in [-0.05, 0) is 63.9 Å². The third kappa shape index (κ3) is 4.51. The Kier molecular flexibility index (Phi) is 5.94. The average molecular weight is 328 g/mol. The first-order chi connectivity index (χ1) is 10.4. The number of hydrogen-bond donors (Lipinski definition) is 1. The molecule has 2 rings (SSSR count). The maximum atomic E-state index is 13.3. The summed E-state index contributed by atoms with van der Waals surface area (Å²) in [6.45, 7) is 6.26. The Labute approximate surface area is 132 Å². The van der Waals surface area contributed by atoms with Crippen molar-refractivity contribution >= 4 is 10.0 Å². The minimum absolute atomic E-state index is 0.0267. The van der Waals surface area contributed by atoms with Crippen LogP contribution in [0.25, 0.3) is 0 Å². The number of benzene rings is 1. The van der Waals surface area contributed by atoms with E-state index in [1.54, 1.807) is 6.92 Å². The van der Waals surface area contributed by atoms with Gasteiger partial charge in [-0.2, -0.15) is 0 Å². The molecule has 1 aromatic carbocycles. The SMILES string of the molecule is Cc1ccc(F)cc1S(=O)(=O)NCCCN1CCCCC1C. The molecule has 0 saturated carbocycles. The van der Waals surface area contributed by atoms with Gasteiger partial charge in [-0.3, -0.25) is 0 Å². The van der Waals surface area contributed by atoms with Crippen LogP contribution in [0.5, 0.6) is 0 Å². The van der Waals surface area contributed by atoms with Gasteiger partial charge in [0.25, 0.3) is 0 Å². The van der Waals surface area contributed by atoms with Gasteiger partial charge in [0.15, 0.2) is 0 Å². The highest BCUT2D eigenvalue weighted by Crippen LogP contribution is 2.17. The van der Waals surface area contributed by atoms with Gasteiger partial charge in [0.1, 0.15) is 5.82 Å². The number of rotatable bonds is 6. The molecule has 4 nitrogen and oxygen atoms in total. The second kappa shape index (κ2) is 7.53.